The largest absolute Gasteiger partial charge is 0.348 e. The van der Waals surface area contributed by atoms with Crippen molar-refractivity contribution in [1.82, 2.24) is 15.1 Å². The highest BCUT2D eigenvalue weighted by Gasteiger charge is 2.29. The van der Waals surface area contributed by atoms with Gasteiger partial charge in [-0.1, -0.05) is 48.0 Å². The van der Waals surface area contributed by atoms with Crippen LogP contribution in [0.2, 0.25) is 5.02 Å². The Kier molecular flexibility index (Phi) is 7.58. The summed E-state index contributed by atoms with van der Waals surface area (Å²) in [5.74, 6) is 0.809. The van der Waals surface area contributed by atoms with Gasteiger partial charge in [-0.3, -0.25) is 0 Å². The molecule has 0 aliphatic carbocycles. The minimum Gasteiger partial charge on any atom is -0.348 e. The van der Waals surface area contributed by atoms with E-state index in [-0.39, 0.29) is 24.5 Å². The van der Waals surface area contributed by atoms with Crippen molar-refractivity contribution in [3.8, 4) is 17.3 Å². The SMILES string of the molecule is CC1CN(C(=O)Nc2ccc(Cl)cc2)CCN1c1nnc(-c2ccc(C#N)cc2)c2ccccc12.Cl. The number of carbonyl (C=O) groups is 1. The summed E-state index contributed by atoms with van der Waals surface area (Å²) in [5, 5.41) is 23.9. The maximum atomic E-state index is 12.8. The normalized spacial score (nSPS) is 15.2. The van der Waals surface area contributed by atoms with E-state index in [0.29, 0.717) is 35.9 Å². The van der Waals surface area contributed by atoms with Gasteiger partial charge in [-0.15, -0.1) is 22.6 Å². The predicted molar refractivity (Wildman–Crippen MR) is 146 cm³/mol. The Hall–Kier alpha value is -3.86. The van der Waals surface area contributed by atoms with Gasteiger partial charge in [0.15, 0.2) is 5.82 Å². The van der Waals surface area contributed by atoms with Gasteiger partial charge >= 0.3 is 6.03 Å². The Bertz CT molecular complexity index is 1420. The maximum absolute atomic E-state index is 12.8. The highest BCUT2D eigenvalue weighted by molar-refractivity contribution is 6.30. The molecule has 182 valence electrons. The molecular weight excluding hydrogens is 495 g/mol. The quantitative estimate of drug-likeness (QED) is 0.360. The van der Waals surface area contributed by atoms with Gasteiger partial charge in [0.25, 0.3) is 0 Å². The van der Waals surface area contributed by atoms with Crippen molar-refractivity contribution in [1.29, 1.82) is 5.26 Å². The molecule has 1 fully saturated rings. The zero-order chi connectivity index (χ0) is 24.4. The van der Waals surface area contributed by atoms with Crippen LogP contribution in [0.3, 0.4) is 0 Å². The number of hydrogen-bond donors (Lipinski definition) is 1. The van der Waals surface area contributed by atoms with E-state index < -0.39 is 0 Å². The second kappa shape index (κ2) is 10.8. The fourth-order valence-corrected chi connectivity index (χ4v) is 4.54. The van der Waals surface area contributed by atoms with Gasteiger partial charge < -0.3 is 15.1 Å². The first kappa shape index (κ1) is 25.2. The van der Waals surface area contributed by atoms with Crippen LogP contribution in [0.25, 0.3) is 22.0 Å². The van der Waals surface area contributed by atoms with Crippen molar-refractivity contribution in [2.24, 2.45) is 0 Å². The average molecular weight is 519 g/mol. The molecule has 0 radical (unpaired) electrons. The Morgan fingerprint density at radius 3 is 2.36 bits per heavy atom. The number of nitriles is 1. The molecule has 1 N–H and O–H groups in total. The van der Waals surface area contributed by atoms with Crippen molar-refractivity contribution >= 4 is 52.3 Å². The number of benzene rings is 3. The van der Waals surface area contributed by atoms with Gasteiger partial charge in [0.1, 0.15) is 5.69 Å². The summed E-state index contributed by atoms with van der Waals surface area (Å²) < 4.78 is 0. The van der Waals surface area contributed by atoms with E-state index in [1.165, 1.54) is 0 Å². The number of nitrogens with zero attached hydrogens (tertiary/aromatic N) is 5. The Morgan fingerprint density at radius 2 is 1.69 bits per heavy atom. The first-order valence-electron chi connectivity index (χ1n) is 11.4. The van der Waals surface area contributed by atoms with Crippen LogP contribution >= 0.6 is 24.0 Å². The van der Waals surface area contributed by atoms with E-state index in [9.17, 15) is 4.79 Å². The number of fused-ring (bicyclic) bond motifs is 1. The molecule has 4 aromatic rings. The van der Waals surface area contributed by atoms with Crippen molar-refractivity contribution in [3.05, 3.63) is 83.4 Å². The molecule has 2 amide bonds. The summed E-state index contributed by atoms with van der Waals surface area (Å²) in [7, 11) is 0. The van der Waals surface area contributed by atoms with E-state index in [4.69, 9.17) is 16.9 Å². The van der Waals surface area contributed by atoms with Crippen LogP contribution < -0.4 is 10.2 Å². The van der Waals surface area contributed by atoms with E-state index in [0.717, 1.165) is 27.8 Å². The molecular formula is C27H24Cl2N6O. The van der Waals surface area contributed by atoms with Crippen LogP contribution in [0.5, 0.6) is 0 Å². The lowest BCUT2D eigenvalue weighted by molar-refractivity contribution is 0.200. The molecule has 1 unspecified atom stereocenters. The van der Waals surface area contributed by atoms with Gasteiger partial charge in [-0.25, -0.2) is 4.79 Å². The third-order valence-corrected chi connectivity index (χ3v) is 6.49. The topological polar surface area (TPSA) is 85.2 Å². The van der Waals surface area contributed by atoms with E-state index in [1.807, 2.05) is 35.2 Å². The summed E-state index contributed by atoms with van der Waals surface area (Å²) in [5.41, 5.74) is 3.01. The van der Waals surface area contributed by atoms with Gasteiger partial charge in [0.2, 0.25) is 0 Å². The van der Waals surface area contributed by atoms with E-state index in [1.54, 1.807) is 36.4 Å². The summed E-state index contributed by atoms with van der Waals surface area (Å²) in [4.78, 5) is 16.8. The summed E-state index contributed by atoms with van der Waals surface area (Å²) in [6.07, 6.45) is 0. The van der Waals surface area contributed by atoms with Crippen molar-refractivity contribution in [2.75, 3.05) is 29.9 Å². The molecule has 9 heteroatoms. The average Bonchev–Trinajstić information content (AvgIpc) is 2.89. The minimum absolute atomic E-state index is 0. The van der Waals surface area contributed by atoms with Crippen molar-refractivity contribution in [3.63, 3.8) is 0 Å². The van der Waals surface area contributed by atoms with Gasteiger partial charge in [-0.2, -0.15) is 5.26 Å². The zero-order valence-corrected chi connectivity index (χ0v) is 21.1. The molecule has 1 aliphatic rings. The Balaban J connectivity index is 0.00000304. The fourth-order valence-electron chi connectivity index (χ4n) is 4.41. The molecule has 36 heavy (non-hydrogen) atoms. The standard InChI is InChI=1S/C27H23ClN6O.ClH/c1-18-17-33(27(35)30-22-12-10-21(28)11-13-22)14-15-34(18)26-24-5-3-2-4-23(24)25(31-32-26)20-8-6-19(16-29)7-9-20;/h2-13,18H,14-15,17H2,1H3,(H,30,35);1H. The number of anilines is 2. The molecule has 1 saturated heterocycles. The van der Waals surface area contributed by atoms with E-state index in [2.05, 4.69) is 39.5 Å². The Morgan fingerprint density at radius 1 is 1.00 bits per heavy atom. The smallest absolute Gasteiger partial charge is 0.321 e. The van der Waals surface area contributed by atoms with Crippen LogP contribution in [0.1, 0.15) is 12.5 Å². The predicted octanol–water partition coefficient (Wildman–Crippen LogP) is 5.99. The number of amides is 2. The molecule has 1 aliphatic heterocycles. The van der Waals surface area contributed by atoms with Crippen LogP contribution in [0.15, 0.2) is 72.8 Å². The van der Waals surface area contributed by atoms with Gasteiger partial charge in [0, 0.05) is 52.7 Å². The monoisotopic (exact) mass is 518 g/mol. The van der Waals surface area contributed by atoms with Crippen LogP contribution in [0.4, 0.5) is 16.3 Å². The van der Waals surface area contributed by atoms with Gasteiger partial charge in [-0.05, 0) is 43.3 Å². The van der Waals surface area contributed by atoms with Crippen molar-refractivity contribution in [2.45, 2.75) is 13.0 Å². The van der Waals surface area contributed by atoms with Crippen molar-refractivity contribution < 1.29 is 4.79 Å². The summed E-state index contributed by atoms with van der Waals surface area (Å²) >= 11 is 5.94. The molecule has 1 aromatic heterocycles. The summed E-state index contributed by atoms with van der Waals surface area (Å²) in [6, 6.07) is 24.6. The second-order valence-corrected chi connectivity index (χ2v) is 8.97. The number of hydrogen-bond acceptors (Lipinski definition) is 5. The molecule has 0 saturated carbocycles. The van der Waals surface area contributed by atoms with Crippen LogP contribution in [-0.4, -0.2) is 46.8 Å². The Labute approximate surface area is 220 Å². The number of carbonyl (C=O) groups excluding carboxylic acids is 1. The number of aromatic nitrogens is 2. The van der Waals surface area contributed by atoms with Crippen LogP contribution in [-0.2, 0) is 0 Å². The second-order valence-electron chi connectivity index (χ2n) is 8.53. The lowest BCUT2D eigenvalue weighted by Crippen LogP contribution is -2.55. The molecule has 0 bridgehead atoms. The highest BCUT2D eigenvalue weighted by Crippen LogP contribution is 2.33. The highest BCUT2D eigenvalue weighted by atomic mass is 35.5. The molecule has 5 rings (SSSR count). The third kappa shape index (κ3) is 5.06. The van der Waals surface area contributed by atoms with Crippen LogP contribution in [0, 0.1) is 11.3 Å². The zero-order valence-electron chi connectivity index (χ0n) is 19.6. The number of piperazine rings is 1. The lowest BCUT2D eigenvalue weighted by atomic mass is 10.0. The molecule has 2 heterocycles. The fraction of sp³-hybridized carbons (Fsp3) is 0.185. The van der Waals surface area contributed by atoms with Gasteiger partial charge in [0.05, 0.1) is 11.6 Å². The maximum Gasteiger partial charge on any atom is 0.321 e. The third-order valence-electron chi connectivity index (χ3n) is 6.24. The molecule has 7 nitrogen and oxygen atoms in total. The number of urea groups is 1. The first-order chi connectivity index (χ1) is 17.0. The minimum atomic E-state index is -0.133. The number of halogens is 2. The lowest BCUT2D eigenvalue weighted by Gasteiger charge is -2.40. The number of rotatable bonds is 3. The van der Waals surface area contributed by atoms with E-state index >= 15 is 0 Å². The summed E-state index contributed by atoms with van der Waals surface area (Å²) in [6.45, 7) is 3.86. The molecule has 3 aromatic carbocycles. The molecule has 0 spiro atoms. The number of nitrogens with one attached hydrogen (secondary N) is 1. The first-order valence-corrected chi connectivity index (χ1v) is 11.8. The molecule has 1 atom stereocenters.